The Kier molecular flexibility index (Phi) is 2.42. The van der Waals surface area contributed by atoms with Gasteiger partial charge in [0.1, 0.15) is 5.69 Å². The molecule has 0 aliphatic carbocycles. The number of hydrogen-bond acceptors (Lipinski definition) is 5. The lowest BCUT2D eigenvalue weighted by Crippen LogP contribution is -2.33. The van der Waals surface area contributed by atoms with Gasteiger partial charge >= 0.3 is 0 Å². The first-order valence-electron chi connectivity index (χ1n) is 7.04. The van der Waals surface area contributed by atoms with Crippen LogP contribution in [0.25, 0.3) is 11.4 Å². The molecule has 0 radical (unpaired) electrons. The minimum Gasteiger partial charge on any atom is -0.365 e. The van der Waals surface area contributed by atoms with Crippen molar-refractivity contribution < 1.29 is 0 Å². The Labute approximate surface area is 118 Å². The number of hydrogen-bond donors (Lipinski definition) is 1. The SMILES string of the molecule is Cc1cc(-c2nc(C)c3c(n2)NC2CCN3C2)ccn1. The highest BCUT2D eigenvalue weighted by atomic mass is 15.3. The van der Waals surface area contributed by atoms with E-state index in [9.17, 15) is 0 Å². The molecule has 5 heteroatoms. The zero-order valence-corrected chi connectivity index (χ0v) is 11.7. The fourth-order valence-corrected chi connectivity index (χ4v) is 3.13. The molecule has 102 valence electrons. The lowest BCUT2D eigenvalue weighted by atomic mass is 10.2. The fraction of sp³-hybridized carbons (Fsp3) is 0.400. The van der Waals surface area contributed by atoms with Crippen LogP contribution in [-0.2, 0) is 0 Å². The number of nitrogens with one attached hydrogen (secondary N) is 1. The maximum absolute atomic E-state index is 4.73. The van der Waals surface area contributed by atoms with Crippen molar-refractivity contribution in [3.05, 3.63) is 29.7 Å². The lowest BCUT2D eigenvalue weighted by Gasteiger charge is -2.29. The largest absolute Gasteiger partial charge is 0.365 e. The van der Waals surface area contributed by atoms with E-state index < -0.39 is 0 Å². The Hall–Kier alpha value is -2.17. The quantitative estimate of drug-likeness (QED) is 0.858. The first-order valence-corrected chi connectivity index (χ1v) is 7.04. The molecule has 0 amide bonds. The van der Waals surface area contributed by atoms with Crippen LogP contribution in [0.5, 0.6) is 0 Å². The molecular formula is C15H17N5. The molecule has 2 aliphatic rings. The van der Waals surface area contributed by atoms with E-state index in [-0.39, 0.29) is 0 Å². The van der Waals surface area contributed by atoms with Crippen LogP contribution in [0.3, 0.4) is 0 Å². The molecule has 2 bridgehead atoms. The third-order valence-corrected chi connectivity index (χ3v) is 4.06. The highest BCUT2D eigenvalue weighted by Crippen LogP contribution is 2.37. The summed E-state index contributed by atoms with van der Waals surface area (Å²) in [6.45, 7) is 6.23. The first-order chi connectivity index (χ1) is 9.70. The van der Waals surface area contributed by atoms with Crippen molar-refractivity contribution in [1.82, 2.24) is 15.0 Å². The van der Waals surface area contributed by atoms with Crippen LogP contribution in [0.2, 0.25) is 0 Å². The summed E-state index contributed by atoms with van der Waals surface area (Å²) >= 11 is 0. The Bertz CT molecular complexity index is 682. The smallest absolute Gasteiger partial charge is 0.162 e. The van der Waals surface area contributed by atoms with E-state index in [2.05, 4.69) is 22.1 Å². The minimum absolute atomic E-state index is 0.531. The van der Waals surface area contributed by atoms with Crippen molar-refractivity contribution in [1.29, 1.82) is 0 Å². The molecule has 0 saturated carbocycles. The van der Waals surface area contributed by atoms with Crippen LogP contribution in [0.4, 0.5) is 11.5 Å². The van der Waals surface area contributed by atoms with Gasteiger partial charge in [-0.25, -0.2) is 9.97 Å². The summed E-state index contributed by atoms with van der Waals surface area (Å²) in [6.07, 6.45) is 2.99. The van der Waals surface area contributed by atoms with Gasteiger partial charge in [0.25, 0.3) is 0 Å². The molecule has 5 nitrogen and oxygen atoms in total. The maximum atomic E-state index is 4.73. The van der Waals surface area contributed by atoms with Crippen molar-refractivity contribution in [2.24, 2.45) is 0 Å². The van der Waals surface area contributed by atoms with Crippen LogP contribution >= 0.6 is 0 Å². The average molecular weight is 267 g/mol. The van der Waals surface area contributed by atoms with Crippen LogP contribution in [0, 0.1) is 13.8 Å². The highest BCUT2D eigenvalue weighted by molar-refractivity contribution is 5.75. The minimum atomic E-state index is 0.531. The number of nitrogens with zero attached hydrogens (tertiary/aromatic N) is 4. The molecule has 1 unspecified atom stereocenters. The Balaban J connectivity index is 1.84. The topological polar surface area (TPSA) is 53.9 Å². The van der Waals surface area contributed by atoms with Gasteiger partial charge < -0.3 is 10.2 Å². The van der Waals surface area contributed by atoms with Crippen LogP contribution in [0.15, 0.2) is 18.3 Å². The Morgan fingerprint density at radius 2 is 2.20 bits per heavy atom. The molecule has 2 aromatic heterocycles. The van der Waals surface area contributed by atoms with E-state index >= 15 is 0 Å². The fourth-order valence-electron chi connectivity index (χ4n) is 3.13. The Morgan fingerprint density at radius 1 is 1.30 bits per heavy atom. The van der Waals surface area contributed by atoms with Gasteiger partial charge in [0.05, 0.1) is 5.69 Å². The third-order valence-electron chi connectivity index (χ3n) is 4.06. The van der Waals surface area contributed by atoms with Crippen molar-refractivity contribution in [3.63, 3.8) is 0 Å². The maximum Gasteiger partial charge on any atom is 0.162 e. The highest BCUT2D eigenvalue weighted by Gasteiger charge is 2.32. The molecule has 0 spiro atoms. The molecule has 4 heterocycles. The van der Waals surface area contributed by atoms with Gasteiger partial charge in [-0.15, -0.1) is 0 Å². The Morgan fingerprint density at radius 3 is 3.05 bits per heavy atom. The standard InChI is InChI=1S/C15H17N5/c1-9-7-11(3-5-16-9)14-17-10(2)13-15(19-14)18-12-4-6-20(13)8-12/h3,5,7,12H,4,6,8H2,1-2H3,(H,17,18,19). The molecule has 1 fully saturated rings. The van der Waals surface area contributed by atoms with E-state index in [0.717, 1.165) is 41.7 Å². The van der Waals surface area contributed by atoms with E-state index in [0.29, 0.717) is 6.04 Å². The lowest BCUT2D eigenvalue weighted by molar-refractivity contribution is 0.783. The molecule has 1 atom stereocenters. The van der Waals surface area contributed by atoms with Crippen LogP contribution < -0.4 is 10.2 Å². The normalized spacial score (nSPS) is 19.7. The second-order valence-electron chi connectivity index (χ2n) is 5.59. The van der Waals surface area contributed by atoms with Gasteiger partial charge in [-0.2, -0.15) is 0 Å². The van der Waals surface area contributed by atoms with Crippen LogP contribution in [-0.4, -0.2) is 34.1 Å². The number of fused-ring (bicyclic) bond motifs is 4. The summed E-state index contributed by atoms with van der Waals surface area (Å²) in [5.41, 5.74) is 4.23. The molecule has 2 aliphatic heterocycles. The van der Waals surface area contributed by atoms with Crippen molar-refractivity contribution >= 4 is 11.5 Å². The van der Waals surface area contributed by atoms with Gasteiger partial charge in [-0.1, -0.05) is 0 Å². The van der Waals surface area contributed by atoms with Crippen molar-refractivity contribution in [3.8, 4) is 11.4 Å². The van der Waals surface area contributed by atoms with E-state index in [1.165, 1.54) is 12.1 Å². The number of aromatic nitrogens is 3. The number of rotatable bonds is 1. The van der Waals surface area contributed by atoms with Gasteiger partial charge in [-0.05, 0) is 32.4 Å². The number of anilines is 2. The van der Waals surface area contributed by atoms with Crippen molar-refractivity contribution in [2.75, 3.05) is 23.3 Å². The van der Waals surface area contributed by atoms with Gasteiger partial charge in [0.15, 0.2) is 11.6 Å². The number of aryl methyl sites for hydroxylation is 2. The monoisotopic (exact) mass is 267 g/mol. The second kappa shape index (κ2) is 4.16. The molecule has 20 heavy (non-hydrogen) atoms. The van der Waals surface area contributed by atoms with E-state index in [1.54, 1.807) is 0 Å². The summed E-state index contributed by atoms with van der Waals surface area (Å²) in [5.74, 6) is 1.76. The molecule has 0 aromatic carbocycles. The molecule has 1 saturated heterocycles. The molecule has 1 N–H and O–H groups in total. The van der Waals surface area contributed by atoms with Gasteiger partial charge in [-0.3, -0.25) is 4.98 Å². The summed E-state index contributed by atoms with van der Waals surface area (Å²) < 4.78 is 0. The second-order valence-corrected chi connectivity index (χ2v) is 5.59. The molecule has 4 rings (SSSR count). The summed E-state index contributed by atoms with van der Waals surface area (Å²) in [4.78, 5) is 16.1. The first kappa shape index (κ1) is 11.6. The zero-order chi connectivity index (χ0) is 13.7. The zero-order valence-electron chi connectivity index (χ0n) is 11.7. The molecular weight excluding hydrogens is 250 g/mol. The van der Waals surface area contributed by atoms with E-state index in [4.69, 9.17) is 9.97 Å². The van der Waals surface area contributed by atoms with E-state index in [1.807, 2.05) is 25.3 Å². The summed E-state index contributed by atoms with van der Waals surface area (Å²) in [5, 5.41) is 3.55. The third kappa shape index (κ3) is 1.73. The summed E-state index contributed by atoms with van der Waals surface area (Å²) in [7, 11) is 0. The van der Waals surface area contributed by atoms with Gasteiger partial charge in [0, 0.05) is 36.6 Å². The average Bonchev–Trinajstić information content (AvgIpc) is 2.80. The van der Waals surface area contributed by atoms with Crippen molar-refractivity contribution in [2.45, 2.75) is 26.3 Å². The molecule has 2 aromatic rings. The van der Waals surface area contributed by atoms with Gasteiger partial charge in [0.2, 0.25) is 0 Å². The predicted molar refractivity (Wildman–Crippen MR) is 79.0 cm³/mol. The number of pyridine rings is 1. The predicted octanol–water partition coefficient (Wildman–Crippen LogP) is 2.16. The summed E-state index contributed by atoms with van der Waals surface area (Å²) in [6, 6.07) is 4.52. The van der Waals surface area contributed by atoms with Crippen LogP contribution in [0.1, 0.15) is 17.8 Å².